The lowest BCUT2D eigenvalue weighted by molar-refractivity contribution is -0.145. The Labute approximate surface area is 252 Å². The summed E-state index contributed by atoms with van der Waals surface area (Å²) in [7, 11) is 1.23. The van der Waals surface area contributed by atoms with Gasteiger partial charge in [-0.1, -0.05) is 32.4 Å². The summed E-state index contributed by atoms with van der Waals surface area (Å²) in [5, 5.41) is 21.9. The molecule has 4 amide bonds. The molecule has 0 radical (unpaired) electrons. The predicted octanol–water partition coefficient (Wildman–Crippen LogP) is -0.854. The van der Waals surface area contributed by atoms with Crippen LogP contribution in [0, 0.1) is 11.3 Å². The van der Waals surface area contributed by atoms with Gasteiger partial charge in [-0.2, -0.15) is 0 Å². The van der Waals surface area contributed by atoms with Crippen molar-refractivity contribution in [1.82, 2.24) is 26.6 Å². The molecule has 6 unspecified atom stereocenters. The van der Waals surface area contributed by atoms with Crippen molar-refractivity contribution in [2.75, 3.05) is 26.8 Å². The second-order valence-corrected chi connectivity index (χ2v) is 10.7. The molecule has 0 aromatic heterocycles. The van der Waals surface area contributed by atoms with Crippen molar-refractivity contribution in [1.29, 1.82) is 5.41 Å². The van der Waals surface area contributed by atoms with Crippen LogP contribution in [-0.4, -0.2) is 92.3 Å². The van der Waals surface area contributed by atoms with E-state index in [1.54, 1.807) is 31.2 Å². The van der Waals surface area contributed by atoms with Crippen LogP contribution in [-0.2, 0) is 35.1 Å². The van der Waals surface area contributed by atoms with Crippen LogP contribution in [0.2, 0.25) is 0 Å². The average Bonchev–Trinajstić information content (AvgIpc) is 2.97. The second kappa shape index (κ2) is 17.2. The number of carbonyl (C=O) groups is 5. The summed E-state index contributed by atoms with van der Waals surface area (Å²) in [5.41, 5.74) is 6.56. The van der Waals surface area contributed by atoms with Crippen LogP contribution in [0.15, 0.2) is 24.3 Å². The van der Waals surface area contributed by atoms with Crippen LogP contribution in [0.3, 0.4) is 0 Å². The van der Waals surface area contributed by atoms with Gasteiger partial charge in [-0.15, -0.1) is 0 Å². The number of methoxy groups -OCH3 is 1. The number of hydrogen-bond acceptors (Lipinski definition) is 10. The lowest BCUT2D eigenvalue weighted by Crippen LogP contribution is -2.59. The molecule has 2 bridgehead atoms. The van der Waals surface area contributed by atoms with E-state index in [1.165, 1.54) is 21.0 Å². The molecule has 14 heteroatoms. The third-order valence-corrected chi connectivity index (χ3v) is 7.09. The third-order valence-electron chi connectivity index (χ3n) is 7.09. The Morgan fingerprint density at radius 2 is 1.74 bits per heavy atom. The van der Waals surface area contributed by atoms with Crippen molar-refractivity contribution in [2.24, 2.45) is 11.7 Å². The fourth-order valence-electron chi connectivity index (χ4n) is 4.23. The Kier molecular flexibility index (Phi) is 14.0. The third kappa shape index (κ3) is 11.3. The summed E-state index contributed by atoms with van der Waals surface area (Å²) in [6.07, 6.45) is 0.552. The number of esters is 1. The molecule has 1 aromatic carbocycles. The van der Waals surface area contributed by atoms with Crippen LogP contribution < -0.4 is 37.1 Å². The minimum Gasteiger partial charge on any atom is -0.492 e. The van der Waals surface area contributed by atoms with Gasteiger partial charge in [-0.25, -0.2) is 4.79 Å². The van der Waals surface area contributed by atoms with E-state index in [1.807, 2.05) is 6.92 Å². The van der Waals surface area contributed by atoms with Gasteiger partial charge in [0.1, 0.15) is 36.5 Å². The number of carbonyl (C=O) groups excluding carboxylic acids is 5. The van der Waals surface area contributed by atoms with E-state index < -0.39 is 59.8 Å². The molecule has 43 heavy (non-hydrogen) atoms. The zero-order chi connectivity index (χ0) is 32.1. The first-order valence-electron chi connectivity index (χ1n) is 14.4. The predicted molar refractivity (Wildman–Crippen MR) is 159 cm³/mol. The molecule has 14 nitrogen and oxygen atoms in total. The number of rotatable bonds is 5. The summed E-state index contributed by atoms with van der Waals surface area (Å²) in [6.45, 7) is 7.37. The van der Waals surface area contributed by atoms with Crippen molar-refractivity contribution in [3.63, 3.8) is 0 Å². The first kappa shape index (κ1) is 35.2. The van der Waals surface area contributed by atoms with E-state index in [2.05, 4.69) is 26.6 Å². The molecule has 0 aliphatic carbocycles. The maximum atomic E-state index is 13.4. The molecule has 6 atom stereocenters. The molecular weight excluding hydrogens is 558 g/mol. The maximum Gasteiger partial charge on any atom is 0.328 e. The smallest absolute Gasteiger partial charge is 0.328 e. The lowest BCUT2D eigenvalue weighted by atomic mass is 9.97. The standard InChI is InChI=1S/C29H45N7O7/c1-6-16(2)24-28(40)35-23(29(41)42-5)13-19-7-9-21(10-8-19)43-12-11-32-15-20(31)14-22(34-25(37)17(3)30)27(39)33-18(4)26(38)36-24/h7-10,16-18,22-24,31-32H,6,11-15,30H2,1-5H3,(H,33,39)(H,34,37)(H,35,40)(H,36,38). The van der Waals surface area contributed by atoms with Gasteiger partial charge in [0.2, 0.25) is 23.6 Å². The van der Waals surface area contributed by atoms with Crippen LogP contribution in [0.5, 0.6) is 5.75 Å². The fourth-order valence-corrected chi connectivity index (χ4v) is 4.23. The van der Waals surface area contributed by atoms with Crippen molar-refractivity contribution in [3.8, 4) is 5.75 Å². The zero-order valence-corrected chi connectivity index (χ0v) is 25.5. The van der Waals surface area contributed by atoms with Crippen molar-refractivity contribution in [3.05, 3.63) is 29.8 Å². The van der Waals surface area contributed by atoms with Crippen LogP contribution in [0.25, 0.3) is 0 Å². The number of fused-ring (bicyclic) bond motifs is 19. The van der Waals surface area contributed by atoms with Gasteiger partial charge < -0.3 is 47.2 Å². The maximum absolute atomic E-state index is 13.4. The summed E-state index contributed by atoms with van der Waals surface area (Å²) < 4.78 is 10.7. The van der Waals surface area contributed by atoms with Gasteiger partial charge >= 0.3 is 5.97 Å². The molecule has 0 saturated carbocycles. The van der Waals surface area contributed by atoms with Gasteiger partial charge in [0.05, 0.1) is 13.2 Å². The highest BCUT2D eigenvalue weighted by Gasteiger charge is 2.33. The van der Waals surface area contributed by atoms with E-state index >= 15 is 0 Å². The van der Waals surface area contributed by atoms with Crippen LogP contribution in [0.4, 0.5) is 0 Å². The van der Waals surface area contributed by atoms with Crippen molar-refractivity contribution >= 4 is 35.3 Å². The average molecular weight is 604 g/mol. The number of amides is 4. The van der Waals surface area contributed by atoms with E-state index in [4.69, 9.17) is 20.6 Å². The van der Waals surface area contributed by atoms with Gasteiger partial charge in [0.15, 0.2) is 0 Å². The molecule has 0 saturated heterocycles. The van der Waals surface area contributed by atoms with Crippen LogP contribution >= 0.6 is 0 Å². The Morgan fingerprint density at radius 3 is 2.35 bits per heavy atom. The van der Waals surface area contributed by atoms with E-state index in [0.29, 0.717) is 25.3 Å². The van der Waals surface area contributed by atoms with E-state index in [0.717, 1.165) is 5.56 Å². The first-order valence-corrected chi connectivity index (χ1v) is 14.4. The second-order valence-electron chi connectivity index (χ2n) is 10.7. The summed E-state index contributed by atoms with van der Waals surface area (Å²) >= 11 is 0. The minimum absolute atomic E-state index is 0.124. The molecule has 2 aliphatic heterocycles. The Bertz CT molecular complexity index is 1140. The SMILES string of the molecule is CCC(C)C1NC(=O)C(C)NC(=O)C(NC(=O)C(C)N)CC(=N)CNCCOc2ccc(cc2)CC(C(=O)OC)NC1=O. The molecule has 0 spiro atoms. The molecule has 0 fully saturated rings. The molecule has 2 aliphatic rings. The Hall–Kier alpha value is -4.04. The fraction of sp³-hybridized carbons (Fsp3) is 0.586. The van der Waals surface area contributed by atoms with Gasteiger partial charge in [-0.3, -0.25) is 19.2 Å². The zero-order valence-electron chi connectivity index (χ0n) is 25.5. The highest BCUT2D eigenvalue weighted by Crippen LogP contribution is 2.15. The van der Waals surface area contributed by atoms with E-state index in [-0.39, 0.29) is 31.0 Å². The molecular formula is C29H45N7O7. The lowest BCUT2D eigenvalue weighted by Gasteiger charge is -2.28. The Morgan fingerprint density at radius 1 is 1.07 bits per heavy atom. The summed E-state index contributed by atoms with van der Waals surface area (Å²) in [5.74, 6) is -2.88. The van der Waals surface area contributed by atoms with E-state index in [9.17, 15) is 24.0 Å². The number of benzene rings is 1. The number of hydrogen-bond donors (Lipinski definition) is 7. The highest BCUT2D eigenvalue weighted by molar-refractivity contribution is 5.97. The summed E-state index contributed by atoms with van der Waals surface area (Å²) in [4.78, 5) is 64.6. The molecule has 1 aromatic rings. The molecule has 3 rings (SSSR count). The number of ether oxygens (including phenoxy) is 2. The highest BCUT2D eigenvalue weighted by atomic mass is 16.5. The minimum atomic E-state index is -1.16. The first-order chi connectivity index (χ1) is 20.4. The van der Waals surface area contributed by atoms with Gasteiger partial charge in [-0.05, 0) is 37.5 Å². The molecule has 8 N–H and O–H groups in total. The van der Waals surface area contributed by atoms with Crippen LogP contribution in [0.1, 0.15) is 46.1 Å². The van der Waals surface area contributed by atoms with Gasteiger partial charge in [0.25, 0.3) is 0 Å². The number of nitrogens with one attached hydrogen (secondary N) is 6. The van der Waals surface area contributed by atoms with Crippen molar-refractivity contribution < 1.29 is 33.4 Å². The quantitative estimate of drug-likeness (QED) is 0.165. The topological polar surface area (TPSA) is 214 Å². The van der Waals surface area contributed by atoms with Gasteiger partial charge in [0, 0.05) is 31.6 Å². The molecule has 2 heterocycles. The molecule has 238 valence electrons. The normalized spacial score (nSPS) is 24.5. The largest absolute Gasteiger partial charge is 0.492 e. The summed E-state index contributed by atoms with van der Waals surface area (Å²) in [6, 6.07) is 1.85. The number of nitrogens with two attached hydrogens (primary N) is 1. The monoisotopic (exact) mass is 603 g/mol. The Balaban J connectivity index is 2.36. The van der Waals surface area contributed by atoms with Crippen molar-refractivity contribution in [2.45, 2.75) is 77.2 Å².